The summed E-state index contributed by atoms with van der Waals surface area (Å²) < 4.78 is 22.8. The molecule has 0 spiro atoms. The molecular weight excluding hydrogens is 401 g/mol. The van der Waals surface area contributed by atoms with Crippen LogP contribution in [0.15, 0.2) is 4.99 Å². The molecule has 5 nitrogen and oxygen atoms in total. The maximum absolute atomic E-state index is 11.4. The monoisotopic (exact) mass is 431 g/mol. The van der Waals surface area contributed by atoms with Gasteiger partial charge in [-0.25, -0.2) is 8.42 Å². The minimum atomic E-state index is -2.80. The van der Waals surface area contributed by atoms with Crippen LogP contribution in [0.5, 0.6) is 0 Å². The summed E-state index contributed by atoms with van der Waals surface area (Å²) in [6.07, 6.45) is 3.08. The lowest BCUT2D eigenvalue weighted by Gasteiger charge is -2.13. The summed E-state index contributed by atoms with van der Waals surface area (Å²) in [5, 5.41) is 6.52. The summed E-state index contributed by atoms with van der Waals surface area (Å²) in [5.41, 5.74) is 0. The highest BCUT2D eigenvalue weighted by Gasteiger charge is 2.27. The summed E-state index contributed by atoms with van der Waals surface area (Å²) in [7, 11) is -2.80. The average molecular weight is 431 g/mol. The molecule has 0 saturated carbocycles. The first kappa shape index (κ1) is 20.9. The third-order valence-corrected chi connectivity index (χ3v) is 5.27. The second kappa shape index (κ2) is 10.6. The van der Waals surface area contributed by atoms with E-state index >= 15 is 0 Å². The van der Waals surface area contributed by atoms with Gasteiger partial charge in [-0.3, -0.25) is 4.99 Å². The van der Waals surface area contributed by atoms with Crippen LogP contribution in [-0.4, -0.2) is 45.5 Å². The molecule has 1 heterocycles. The molecule has 7 heteroatoms. The van der Waals surface area contributed by atoms with Crippen molar-refractivity contribution in [2.24, 2.45) is 16.8 Å². The summed E-state index contributed by atoms with van der Waals surface area (Å²) in [6.45, 7) is 8.80. The smallest absolute Gasteiger partial charge is 0.191 e. The van der Waals surface area contributed by atoms with E-state index < -0.39 is 9.84 Å². The molecule has 1 aliphatic heterocycles. The van der Waals surface area contributed by atoms with E-state index in [1.807, 2.05) is 6.92 Å². The average Bonchev–Trinajstić information content (AvgIpc) is 2.71. The zero-order valence-corrected chi connectivity index (χ0v) is 16.5. The Bertz CT molecular complexity index is 410. The largest absolute Gasteiger partial charge is 0.357 e. The molecule has 1 atom stereocenters. The maximum Gasteiger partial charge on any atom is 0.191 e. The molecule has 0 aromatic rings. The second-order valence-electron chi connectivity index (χ2n) is 5.95. The number of sulfone groups is 1. The molecule has 2 N–H and O–H groups in total. The number of nitrogens with one attached hydrogen (secondary N) is 2. The predicted octanol–water partition coefficient (Wildman–Crippen LogP) is 2.03. The fourth-order valence-electron chi connectivity index (χ4n) is 2.30. The molecule has 1 aliphatic rings. The van der Waals surface area contributed by atoms with E-state index in [2.05, 4.69) is 29.5 Å². The van der Waals surface area contributed by atoms with Gasteiger partial charge in [0.15, 0.2) is 15.8 Å². The zero-order chi connectivity index (χ0) is 15.0. The standard InChI is InChI=1S/C14H29N3O2S.HI/c1-4-15-14(16-8-5-6-12(2)3)17-10-13-7-9-20(18,19)11-13;/h12-13H,4-11H2,1-3H3,(H2,15,16,17);1H. The molecule has 1 unspecified atom stereocenters. The molecule has 0 aromatic heterocycles. The Labute approximate surface area is 146 Å². The number of rotatable bonds is 7. The first-order valence-corrected chi connectivity index (χ1v) is 9.47. The summed E-state index contributed by atoms with van der Waals surface area (Å²) >= 11 is 0. The molecule has 1 rings (SSSR count). The Morgan fingerprint density at radius 1 is 1.33 bits per heavy atom. The Hall–Kier alpha value is -0.0500. The lowest BCUT2D eigenvalue weighted by Crippen LogP contribution is -2.38. The van der Waals surface area contributed by atoms with Gasteiger partial charge in [-0.2, -0.15) is 0 Å². The number of hydrogen-bond donors (Lipinski definition) is 2. The Balaban J connectivity index is 0.00000400. The first-order chi connectivity index (χ1) is 9.43. The number of halogens is 1. The molecule has 0 aliphatic carbocycles. The molecule has 1 fully saturated rings. The van der Waals surface area contributed by atoms with Crippen LogP contribution in [0, 0.1) is 11.8 Å². The molecule has 0 aromatic carbocycles. The molecule has 0 bridgehead atoms. The second-order valence-corrected chi connectivity index (χ2v) is 8.18. The van der Waals surface area contributed by atoms with Crippen molar-refractivity contribution < 1.29 is 8.42 Å². The lowest BCUT2D eigenvalue weighted by atomic mass is 10.1. The third-order valence-electron chi connectivity index (χ3n) is 3.43. The third kappa shape index (κ3) is 9.55. The Kier molecular flexibility index (Phi) is 10.6. The minimum Gasteiger partial charge on any atom is -0.357 e. The topological polar surface area (TPSA) is 70.6 Å². The molecule has 21 heavy (non-hydrogen) atoms. The van der Waals surface area contributed by atoms with Crippen molar-refractivity contribution >= 4 is 39.8 Å². The highest BCUT2D eigenvalue weighted by Crippen LogP contribution is 2.18. The fraction of sp³-hybridized carbons (Fsp3) is 0.929. The van der Waals surface area contributed by atoms with Crippen LogP contribution < -0.4 is 10.6 Å². The van der Waals surface area contributed by atoms with Crippen molar-refractivity contribution in [3.63, 3.8) is 0 Å². The normalized spacial score (nSPS) is 21.1. The number of nitrogens with zero attached hydrogens (tertiary/aromatic N) is 1. The minimum absolute atomic E-state index is 0. The van der Waals surface area contributed by atoms with Gasteiger partial charge in [0.2, 0.25) is 0 Å². The molecular formula is C14H30IN3O2S. The predicted molar refractivity (Wildman–Crippen MR) is 100 cm³/mol. The van der Waals surface area contributed by atoms with Gasteiger partial charge in [-0.15, -0.1) is 24.0 Å². The van der Waals surface area contributed by atoms with Crippen molar-refractivity contribution in [3.8, 4) is 0 Å². The summed E-state index contributed by atoms with van der Waals surface area (Å²) in [6, 6.07) is 0. The number of guanidine groups is 1. The van der Waals surface area contributed by atoms with Crippen molar-refractivity contribution in [1.82, 2.24) is 10.6 Å². The van der Waals surface area contributed by atoms with Gasteiger partial charge in [-0.1, -0.05) is 13.8 Å². The number of hydrogen-bond acceptors (Lipinski definition) is 3. The van der Waals surface area contributed by atoms with Crippen LogP contribution in [0.3, 0.4) is 0 Å². The van der Waals surface area contributed by atoms with E-state index in [0.717, 1.165) is 37.8 Å². The van der Waals surface area contributed by atoms with E-state index in [4.69, 9.17) is 0 Å². The quantitative estimate of drug-likeness (QED) is 0.280. The van der Waals surface area contributed by atoms with E-state index in [0.29, 0.717) is 18.1 Å². The van der Waals surface area contributed by atoms with Crippen LogP contribution in [0.4, 0.5) is 0 Å². The van der Waals surface area contributed by atoms with Crippen LogP contribution in [0.1, 0.15) is 40.0 Å². The Morgan fingerprint density at radius 2 is 2.05 bits per heavy atom. The molecule has 0 amide bonds. The van der Waals surface area contributed by atoms with E-state index in [1.165, 1.54) is 6.42 Å². The van der Waals surface area contributed by atoms with Crippen molar-refractivity contribution in [3.05, 3.63) is 0 Å². The first-order valence-electron chi connectivity index (χ1n) is 7.65. The molecule has 126 valence electrons. The molecule has 0 radical (unpaired) electrons. The van der Waals surface area contributed by atoms with Crippen molar-refractivity contribution in [1.29, 1.82) is 0 Å². The summed E-state index contributed by atoms with van der Waals surface area (Å²) in [4.78, 5) is 4.51. The van der Waals surface area contributed by atoms with Gasteiger partial charge in [-0.05, 0) is 38.0 Å². The SMILES string of the molecule is CCNC(=NCC1CCS(=O)(=O)C1)NCCCC(C)C.I. The van der Waals surface area contributed by atoms with E-state index in [-0.39, 0.29) is 29.9 Å². The maximum atomic E-state index is 11.4. The van der Waals surface area contributed by atoms with Crippen LogP contribution in [0.25, 0.3) is 0 Å². The van der Waals surface area contributed by atoms with Crippen molar-refractivity contribution in [2.45, 2.75) is 40.0 Å². The zero-order valence-electron chi connectivity index (χ0n) is 13.4. The van der Waals surface area contributed by atoms with Crippen LogP contribution in [0.2, 0.25) is 0 Å². The van der Waals surface area contributed by atoms with Gasteiger partial charge < -0.3 is 10.6 Å². The van der Waals surface area contributed by atoms with E-state index in [9.17, 15) is 8.42 Å². The lowest BCUT2D eigenvalue weighted by molar-refractivity contribution is 0.548. The van der Waals surface area contributed by atoms with Crippen LogP contribution >= 0.6 is 24.0 Å². The van der Waals surface area contributed by atoms with Gasteiger partial charge >= 0.3 is 0 Å². The Morgan fingerprint density at radius 3 is 2.57 bits per heavy atom. The highest BCUT2D eigenvalue weighted by atomic mass is 127. The van der Waals surface area contributed by atoms with E-state index in [1.54, 1.807) is 0 Å². The fourth-order valence-corrected chi connectivity index (χ4v) is 4.14. The van der Waals surface area contributed by atoms with Gasteiger partial charge in [0.25, 0.3) is 0 Å². The molecule has 1 saturated heterocycles. The number of aliphatic imine (C=N–C) groups is 1. The van der Waals surface area contributed by atoms with Crippen molar-refractivity contribution in [2.75, 3.05) is 31.1 Å². The van der Waals surface area contributed by atoms with Gasteiger partial charge in [0.1, 0.15) is 0 Å². The van der Waals surface area contributed by atoms with Gasteiger partial charge in [0.05, 0.1) is 11.5 Å². The summed E-state index contributed by atoms with van der Waals surface area (Å²) in [5.74, 6) is 2.33. The highest BCUT2D eigenvalue weighted by molar-refractivity contribution is 14.0. The van der Waals surface area contributed by atoms with Crippen LogP contribution in [-0.2, 0) is 9.84 Å². The van der Waals surface area contributed by atoms with Gasteiger partial charge in [0, 0.05) is 19.6 Å².